The van der Waals surface area contributed by atoms with Gasteiger partial charge in [-0.2, -0.15) is 0 Å². The third-order valence-corrected chi connectivity index (χ3v) is 7.94. The molecule has 2 heterocycles. The predicted molar refractivity (Wildman–Crippen MR) is 186 cm³/mol. The third kappa shape index (κ3) is 4.45. The minimum atomic E-state index is -0.459. The van der Waals surface area contributed by atoms with E-state index in [0.29, 0.717) is 28.2 Å². The predicted octanol–water partition coefficient (Wildman–Crippen LogP) is 11.4. The van der Waals surface area contributed by atoms with Crippen LogP contribution in [0.25, 0.3) is 88.5 Å². The smallest absolute Gasteiger partial charge is 0.160 e. The highest BCUT2D eigenvalue weighted by atomic mass is 16.3. The number of fused-ring (bicyclic) bond motifs is 5. The van der Waals surface area contributed by atoms with Crippen molar-refractivity contribution in [3.63, 3.8) is 0 Å². The Morgan fingerprint density at radius 2 is 1.13 bits per heavy atom. The van der Waals surface area contributed by atoms with Crippen LogP contribution in [0.3, 0.4) is 0 Å². The molecule has 0 saturated carbocycles. The van der Waals surface area contributed by atoms with Crippen LogP contribution in [0.4, 0.5) is 0 Å². The zero-order valence-corrected chi connectivity index (χ0v) is 23.5. The summed E-state index contributed by atoms with van der Waals surface area (Å²) in [4.78, 5) is 9.95. The summed E-state index contributed by atoms with van der Waals surface area (Å²) < 4.78 is 98.8. The third-order valence-electron chi connectivity index (χ3n) is 7.94. The van der Waals surface area contributed by atoms with Crippen molar-refractivity contribution < 1.29 is 19.5 Å². The fraction of sp³-hybridized carbons (Fsp3) is 0. The second kappa shape index (κ2) is 10.3. The van der Waals surface area contributed by atoms with Crippen LogP contribution in [-0.2, 0) is 0 Å². The van der Waals surface area contributed by atoms with Crippen molar-refractivity contribution in [2.45, 2.75) is 0 Å². The summed E-state index contributed by atoms with van der Waals surface area (Å²) in [5.74, 6) is 0.317. The van der Waals surface area contributed by atoms with Gasteiger partial charge in [-0.1, -0.05) is 121 Å². The molecule has 0 fully saturated rings. The average molecular weight is 586 g/mol. The van der Waals surface area contributed by atoms with Crippen LogP contribution in [-0.4, -0.2) is 9.97 Å². The van der Waals surface area contributed by atoms with E-state index in [4.69, 9.17) is 29.5 Å². The molecule has 0 amide bonds. The molecule has 7 aromatic carbocycles. The molecule has 0 unspecified atom stereocenters. The fourth-order valence-electron chi connectivity index (χ4n) is 5.75. The average Bonchev–Trinajstić information content (AvgIpc) is 3.59. The van der Waals surface area contributed by atoms with Gasteiger partial charge in [0.1, 0.15) is 11.2 Å². The number of hydrogen-bond donors (Lipinski definition) is 0. The Labute approximate surface area is 275 Å². The van der Waals surface area contributed by atoms with E-state index in [9.17, 15) is 0 Å². The zero-order valence-electron chi connectivity index (χ0n) is 34.5. The van der Waals surface area contributed by atoms with Gasteiger partial charge in [0, 0.05) is 27.5 Å². The largest absolute Gasteiger partial charge is 0.456 e. The molecule has 0 atom stereocenters. The summed E-state index contributed by atoms with van der Waals surface area (Å²) in [5.41, 5.74) is 2.71. The van der Waals surface area contributed by atoms with Gasteiger partial charge in [0.05, 0.1) is 26.5 Å². The number of para-hydroxylation sites is 1. The second-order valence-electron chi connectivity index (χ2n) is 10.6. The van der Waals surface area contributed by atoms with Crippen molar-refractivity contribution in [2.75, 3.05) is 0 Å². The van der Waals surface area contributed by atoms with E-state index in [-0.39, 0.29) is 81.1 Å². The lowest BCUT2D eigenvalue weighted by Gasteiger charge is -2.12. The zero-order chi connectivity index (χ0) is 39.3. The van der Waals surface area contributed by atoms with Crippen molar-refractivity contribution in [2.24, 2.45) is 0 Å². The van der Waals surface area contributed by atoms with Gasteiger partial charge in [-0.25, -0.2) is 9.97 Å². The first-order valence-electron chi connectivity index (χ1n) is 19.7. The Morgan fingerprint density at radius 3 is 2.02 bits per heavy atom. The Hall–Kier alpha value is -6.06. The summed E-state index contributed by atoms with van der Waals surface area (Å²) in [5, 5.41) is 3.99. The van der Waals surface area contributed by atoms with Crippen LogP contribution >= 0.6 is 0 Å². The van der Waals surface area contributed by atoms with Crippen molar-refractivity contribution in [1.82, 2.24) is 9.97 Å². The van der Waals surface area contributed by atoms with Gasteiger partial charge < -0.3 is 4.42 Å². The normalized spacial score (nSPS) is 15.0. The van der Waals surface area contributed by atoms with E-state index < -0.39 is 24.2 Å². The van der Waals surface area contributed by atoms with E-state index in [0.717, 1.165) is 21.5 Å². The van der Waals surface area contributed by atoms with Gasteiger partial charge in [0.15, 0.2) is 5.82 Å². The lowest BCUT2D eigenvalue weighted by atomic mass is 9.98. The number of hydrogen-bond acceptors (Lipinski definition) is 3. The van der Waals surface area contributed by atoms with Crippen LogP contribution < -0.4 is 0 Å². The maximum atomic E-state index is 9.14. The Bertz CT molecular complexity index is 3150. The summed E-state index contributed by atoms with van der Waals surface area (Å²) in [6.07, 6.45) is 0. The van der Waals surface area contributed by atoms with Crippen LogP contribution in [0.1, 0.15) is 15.1 Å². The van der Waals surface area contributed by atoms with Crippen LogP contribution in [0, 0.1) is 0 Å². The van der Waals surface area contributed by atoms with E-state index in [1.165, 1.54) is 6.07 Å². The van der Waals surface area contributed by atoms with Crippen LogP contribution in [0.15, 0.2) is 162 Å². The molecule has 0 saturated heterocycles. The molecule has 2 aromatic heterocycles. The Balaban J connectivity index is 1.28. The number of benzene rings is 7. The second-order valence-corrected chi connectivity index (χ2v) is 10.6. The maximum Gasteiger partial charge on any atom is 0.160 e. The van der Waals surface area contributed by atoms with Crippen molar-refractivity contribution in [1.29, 1.82) is 0 Å². The van der Waals surface area contributed by atoms with Crippen LogP contribution in [0.2, 0.25) is 0 Å². The molecule has 3 nitrogen and oxygen atoms in total. The topological polar surface area (TPSA) is 38.9 Å². The molecule has 0 N–H and O–H groups in total. The number of aromatic nitrogens is 2. The van der Waals surface area contributed by atoms with Gasteiger partial charge >= 0.3 is 0 Å². The minimum Gasteiger partial charge on any atom is -0.456 e. The molecular weight excluding hydrogens is 548 g/mol. The maximum absolute atomic E-state index is 9.14. The van der Waals surface area contributed by atoms with E-state index in [1.807, 2.05) is 60.7 Å². The molecule has 9 aromatic rings. The van der Waals surface area contributed by atoms with E-state index >= 15 is 0 Å². The van der Waals surface area contributed by atoms with Gasteiger partial charge in [-0.15, -0.1) is 0 Å². The molecule has 45 heavy (non-hydrogen) atoms. The summed E-state index contributed by atoms with van der Waals surface area (Å²) >= 11 is 0. The number of furan rings is 1. The Morgan fingerprint density at radius 1 is 0.467 bits per heavy atom. The van der Waals surface area contributed by atoms with Crippen molar-refractivity contribution in [3.05, 3.63) is 157 Å². The van der Waals surface area contributed by atoms with E-state index in [2.05, 4.69) is 0 Å². The minimum absolute atomic E-state index is 0.0257. The molecular formula is C42H26N2O. The molecule has 0 spiro atoms. The van der Waals surface area contributed by atoms with Gasteiger partial charge in [0.2, 0.25) is 0 Å². The lowest BCUT2D eigenvalue weighted by Crippen LogP contribution is -1.96. The molecule has 0 bridgehead atoms. The lowest BCUT2D eigenvalue weighted by molar-refractivity contribution is 0.669. The first-order valence-corrected chi connectivity index (χ1v) is 14.2. The molecule has 0 aliphatic rings. The summed E-state index contributed by atoms with van der Waals surface area (Å²) in [6, 6.07) is 23.8. The molecule has 0 aliphatic heterocycles. The summed E-state index contributed by atoms with van der Waals surface area (Å²) in [6.45, 7) is 0. The van der Waals surface area contributed by atoms with E-state index in [1.54, 1.807) is 24.3 Å². The van der Waals surface area contributed by atoms with Crippen molar-refractivity contribution >= 4 is 43.5 Å². The highest BCUT2D eigenvalue weighted by Gasteiger charge is 2.17. The van der Waals surface area contributed by atoms with Gasteiger partial charge in [0.25, 0.3) is 0 Å². The highest BCUT2D eigenvalue weighted by molar-refractivity contribution is 6.12. The number of nitrogens with zero attached hydrogens (tertiary/aromatic N) is 2. The highest BCUT2D eigenvalue weighted by Crippen LogP contribution is 2.38. The first-order chi connectivity index (χ1) is 26.8. The van der Waals surface area contributed by atoms with Gasteiger partial charge in [-0.3, -0.25) is 0 Å². The molecule has 9 rings (SSSR count). The number of rotatable bonds is 4. The molecule has 210 valence electrons. The van der Waals surface area contributed by atoms with Crippen LogP contribution in [0.5, 0.6) is 0 Å². The Kier molecular flexibility index (Phi) is 3.82. The standard InChI is InChI=1S/C42H26N2O/c1-2-9-27(10-3-1)30-18-19-32-24-33(21-20-31(32)23-30)37-26-38(35-14-8-16-40-41(35)36-13-6-7-15-39(36)45-40)44-42(43-37)34-22-17-28-11-4-5-12-29(28)25-34/h1-26H/i1D,2D,3D,6D,7D,8D,9D,10D,14D,15D,16D. The monoisotopic (exact) mass is 585 g/mol. The molecule has 3 heteroatoms. The quantitative estimate of drug-likeness (QED) is 0.206. The SMILES string of the molecule is [2H]c1cc2c(oc3c([2H])c([2H])c([2H])c(-c4cc(-c5ccc6cc(-c7c([2H])c([2H])c([2H])c([2H])c7[2H])ccc6c5)nc(-c5ccc6ccccc6c5)n4)c32)c([2H])c1[2H]. The fourth-order valence-corrected chi connectivity index (χ4v) is 5.75. The molecule has 0 aliphatic carbocycles. The van der Waals surface area contributed by atoms with Gasteiger partial charge in [-0.05, 0) is 69.0 Å². The molecule has 0 radical (unpaired) electrons. The van der Waals surface area contributed by atoms with Crippen molar-refractivity contribution in [3.8, 4) is 45.0 Å². The first kappa shape index (κ1) is 16.7. The summed E-state index contributed by atoms with van der Waals surface area (Å²) in [7, 11) is 0.